The molecule has 1 aliphatic heterocycles. The highest BCUT2D eigenvalue weighted by molar-refractivity contribution is 6.32. The molecule has 0 bridgehead atoms. The van der Waals surface area contributed by atoms with Crippen molar-refractivity contribution >= 4 is 29.3 Å². The number of nitrogens with one attached hydrogen (secondary N) is 2. The van der Waals surface area contributed by atoms with Crippen LogP contribution in [0.3, 0.4) is 0 Å². The Labute approximate surface area is 191 Å². The van der Waals surface area contributed by atoms with Crippen molar-refractivity contribution in [3.8, 4) is 17.2 Å². The Bertz CT molecular complexity index is 1050. The van der Waals surface area contributed by atoms with Gasteiger partial charge >= 0.3 is 12.0 Å². The van der Waals surface area contributed by atoms with E-state index in [0.29, 0.717) is 29.2 Å². The predicted molar refractivity (Wildman–Crippen MR) is 120 cm³/mol. The van der Waals surface area contributed by atoms with Crippen LogP contribution in [0, 0.1) is 0 Å². The number of phenolic OH excluding ortho intramolecular Hbond substituents is 1. The van der Waals surface area contributed by atoms with Crippen LogP contribution in [0.5, 0.6) is 17.2 Å². The molecule has 3 rings (SSSR count). The van der Waals surface area contributed by atoms with Crippen LogP contribution in [0.15, 0.2) is 42.0 Å². The summed E-state index contributed by atoms with van der Waals surface area (Å²) < 4.78 is 16.1. The summed E-state index contributed by atoms with van der Waals surface area (Å²) in [5.41, 5.74) is 1.53. The first kappa shape index (κ1) is 23.3. The van der Waals surface area contributed by atoms with Gasteiger partial charge in [-0.1, -0.05) is 11.6 Å². The monoisotopic (exact) mass is 460 g/mol. The Hall–Kier alpha value is -3.39. The van der Waals surface area contributed by atoms with E-state index in [1.165, 1.54) is 12.1 Å². The number of esters is 1. The van der Waals surface area contributed by atoms with Gasteiger partial charge in [0.2, 0.25) is 0 Å². The van der Waals surface area contributed by atoms with E-state index in [1.807, 2.05) is 0 Å². The molecule has 0 saturated heterocycles. The van der Waals surface area contributed by atoms with Crippen LogP contribution >= 0.6 is 11.6 Å². The maximum absolute atomic E-state index is 13.2. The van der Waals surface area contributed by atoms with Gasteiger partial charge < -0.3 is 30.0 Å². The number of benzene rings is 2. The number of ether oxygens (including phenoxy) is 3. The lowest BCUT2D eigenvalue weighted by molar-refractivity contribution is -0.143. The van der Waals surface area contributed by atoms with Crippen molar-refractivity contribution in [2.75, 3.05) is 13.7 Å². The van der Waals surface area contributed by atoms with Gasteiger partial charge in [-0.2, -0.15) is 0 Å². The summed E-state index contributed by atoms with van der Waals surface area (Å²) >= 11 is 6.20. The molecule has 1 aliphatic rings. The third kappa shape index (κ3) is 4.91. The summed E-state index contributed by atoms with van der Waals surface area (Å²) in [6, 6.07) is 8.51. The number of hydrogen-bond acceptors (Lipinski definition) is 6. The molecule has 32 heavy (non-hydrogen) atoms. The molecule has 0 spiro atoms. The Morgan fingerprint density at radius 2 is 1.91 bits per heavy atom. The number of methoxy groups -OCH3 is 1. The minimum Gasteiger partial charge on any atom is -0.503 e. The van der Waals surface area contributed by atoms with Crippen LogP contribution in [-0.4, -0.2) is 36.9 Å². The highest BCUT2D eigenvalue weighted by Crippen LogP contribution is 2.40. The molecule has 1 heterocycles. The van der Waals surface area contributed by atoms with Gasteiger partial charge in [-0.15, -0.1) is 0 Å². The summed E-state index contributed by atoms with van der Waals surface area (Å²) in [4.78, 5) is 25.7. The zero-order valence-corrected chi connectivity index (χ0v) is 18.9. The molecular weight excluding hydrogens is 436 g/mol. The Balaban J connectivity index is 2.20. The summed E-state index contributed by atoms with van der Waals surface area (Å²) in [6.07, 6.45) is -0.382. The van der Waals surface area contributed by atoms with Gasteiger partial charge in [-0.05, 0) is 68.3 Å². The van der Waals surface area contributed by atoms with E-state index >= 15 is 0 Å². The van der Waals surface area contributed by atoms with Gasteiger partial charge in [0.25, 0.3) is 0 Å². The maximum atomic E-state index is 13.2. The van der Waals surface area contributed by atoms with Crippen molar-refractivity contribution < 1.29 is 28.9 Å². The number of halogens is 1. The van der Waals surface area contributed by atoms with Crippen molar-refractivity contribution in [2.24, 2.45) is 0 Å². The minimum absolute atomic E-state index is 0.0290. The van der Waals surface area contributed by atoms with Crippen LogP contribution in [0.1, 0.15) is 37.9 Å². The first-order valence-corrected chi connectivity index (χ1v) is 10.4. The van der Waals surface area contributed by atoms with E-state index < -0.39 is 18.0 Å². The fourth-order valence-corrected chi connectivity index (χ4v) is 3.54. The summed E-state index contributed by atoms with van der Waals surface area (Å²) in [5, 5.41) is 15.7. The molecule has 1 unspecified atom stereocenters. The van der Waals surface area contributed by atoms with E-state index in [9.17, 15) is 14.7 Å². The van der Waals surface area contributed by atoms with Crippen molar-refractivity contribution in [1.29, 1.82) is 0 Å². The summed E-state index contributed by atoms with van der Waals surface area (Å²) in [6.45, 7) is 5.53. The minimum atomic E-state index is -0.899. The molecule has 8 nitrogen and oxygen atoms in total. The number of carbonyl (C=O) groups is 2. The van der Waals surface area contributed by atoms with E-state index in [0.717, 1.165) is 0 Å². The quantitative estimate of drug-likeness (QED) is 0.535. The lowest BCUT2D eigenvalue weighted by Crippen LogP contribution is -2.45. The second-order valence-electron chi connectivity index (χ2n) is 7.29. The van der Waals surface area contributed by atoms with Gasteiger partial charge in [0.05, 0.1) is 42.2 Å². The SMILES string of the molecule is CCOc1cc(C2NC(=O)NC(c3ccc(OC)cc3)=C2C(=O)OC(C)C)cc(Cl)c1O. The highest BCUT2D eigenvalue weighted by atomic mass is 35.5. The van der Waals surface area contributed by atoms with Crippen LogP contribution < -0.4 is 20.1 Å². The van der Waals surface area contributed by atoms with Crippen molar-refractivity contribution in [1.82, 2.24) is 10.6 Å². The average Bonchev–Trinajstić information content (AvgIpc) is 2.75. The van der Waals surface area contributed by atoms with Crippen LogP contribution in [0.4, 0.5) is 4.79 Å². The third-order valence-electron chi connectivity index (χ3n) is 4.70. The third-order valence-corrected chi connectivity index (χ3v) is 4.99. The largest absolute Gasteiger partial charge is 0.503 e. The van der Waals surface area contributed by atoms with Gasteiger partial charge in [0, 0.05) is 0 Å². The Morgan fingerprint density at radius 3 is 2.50 bits per heavy atom. The fourth-order valence-electron chi connectivity index (χ4n) is 3.32. The molecule has 9 heteroatoms. The average molecular weight is 461 g/mol. The summed E-state index contributed by atoms with van der Waals surface area (Å²) in [7, 11) is 1.55. The van der Waals surface area contributed by atoms with Crippen molar-refractivity contribution in [2.45, 2.75) is 32.9 Å². The normalized spacial score (nSPS) is 15.8. The molecule has 0 aliphatic carbocycles. The molecule has 0 fully saturated rings. The number of hydrogen-bond donors (Lipinski definition) is 3. The molecule has 170 valence electrons. The first-order valence-electron chi connectivity index (χ1n) is 10.1. The molecule has 1 atom stereocenters. The van der Waals surface area contributed by atoms with Crippen LogP contribution in [-0.2, 0) is 9.53 Å². The first-order chi connectivity index (χ1) is 15.2. The molecular formula is C23H25ClN2O6. The zero-order chi connectivity index (χ0) is 23.4. The number of carbonyl (C=O) groups excluding carboxylic acids is 2. The van der Waals surface area contributed by atoms with E-state index in [-0.39, 0.29) is 28.2 Å². The molecule has 3 N–H and O–H groups in total. The smallest absolute Gasteiger partial charge is 0.338 e. The van der Waals surface area contributed by atoms with Crippen molar-refractivity contribution in [3.63, 3.8) is 0 Å². The van der Waals surface area contributed by atoms with Gasteiger partial charge in [-0.3, -0.25) is 0 Å². The van der Waals surface area contributed by atoms with E-state index in [1.54, 1.807) is 52.1 Å². The van der Waals surface area contributed by atoms with E-state index in [4.69, 9.17) is 25.8 Å². The molecule has 0 aromatic heterocycles. The maximum Gasteiger partial charge on any atom is 0.338 e. The van der Waals surface area contributed by atoms with Crippen molar-refractivity contribution in [3.05, 3.63) is 58.1 Å². The Kier molecular flexibility index (Phi) is 7.15. The molecule has 0 saturated carbocycles. The number of amides is 2. The lowest BCUT2D eigenvalue weighted by Gasteiger charge is -2.30. The zero-order valence-electron chi connectivity index (χ0n) is 18.2. The lowest BCUT2D eigenvalue weighted by atomic mass is 9.92. The Morgan fingerprint density at radius 1 is 1.22 bits per heavy atom. The van der Waals surface area contributed by atoms with Crippen LogP contribution in [0.25, 0.3) is 5.70 Å². The van der Waals surface area contributed by atoms with Gasteiger partial charge in [0.15, 0.2) is 11.5 Å². The highest BCUT2D eigenvalue weighted by Gasteiger charge is 2.35. The second-order valence-corrected chi connectivity index (χ2v) is 7.69. The standard InChI is InChI=1S/C23H25ClN2O6/c1-5-31-17-11-14(10-16(24)21(17)27)20-18(22(28)32-12(2)3)19(25-23(29)26-20)13-6-8-15(30-4)9-7-13/h6-12,20,27H,5H2,1-4H3,(H2,25,26,29). The number of aromatic hydroxyl groups is 1. The van der Waals surface area contributed by atoms with Gasteiger partial charge in [-0.25, -0.2) is 9.59 Å². The van der Waals surface area contributed by atoms with Gasteiger partial charge in [0.1, 0.15) is 5.75 Å². The molecule has 2 amide bonds. The topological polar surface area (TPSA) is 106 Å². The predicted octanol–water partition coefficient (Wildman–Crippen LogP) is 4.17. The fraction of sp³-hybridized carbons (Fsp3) is 0.304. The van der Waals surface area contributed by atoms with E-state index in [2.05, 4.69) is 10.6 Å². The second kappa shape index (κ2) is 9.82. The van der Waals surface area contributed by atoms with Crippen LogP contribution in [0.2, 0.25) is 5.02 Å². The molecule has 2 aromatic rings. The number of rotatable bonds is 7. The number of phenols is 1. The molecule has 0 radical (unpaired) electrons. The summed E-state index contributed by atoms with van der Waals surface area (Å²) in [5.74, 6) is -0.0526. The molecule has 2 aromatic carbocycles. The number of urea groups is 1.